The van der Waals surface area contributed by atoms with Crippen LogP contribution in [0.4, 0.5) is 0 Å². The summed E-state index contributed by atoms with van der Waals surface area (Å²) in [5.74, 6) is 0.681. The minimum atomic E-state index is -0.0940. The van der Waals surface area contributed by atoms with E-state index < -0.39 is 0 Å². The van der Waals surface area contributed by atoms with Crippen LogP contribution >= 0.6 is 24.0 Å². The van der Waals surface area contributed by atoms with Crippen LogP contribution in [0.3, 0.4) is 0 Å². The molecule has 2 saturated heterocycles. The zero-order chi connectivity index (χ0) is 20.5. The second-order valence-electron chi connectivity index (χ2n) is 7.65. The number of likely N-dealkylation sites (tertiary alicyclic amines) is 1. The summed E-state index contributed by atoms with van der Waals surface area (Å²) in [5.41, 5.74) is 2.55. The van der Waals surface area contributed by atoms with E-state index in [4.69, 9.17) is 9.47 Å². The quantitative estimate of drug-likeness (QED) is 0.264. The Kier molecular flexibility index (Phi) is 10.9. The van der Waals surface area contributed by atoms with Crippen molar-refractivity contribution in [1.29, 1.82) is 0 Å². The first-order valence-corrected chi connectivity index (χ1v) is 10.7. The summed E-state index contributed by atoms with van der Waals surface area (Å²) in [6.45, 7) is 9.15. The first-order valence-electron chi connectivity index (χ1n) is 10.7. The highest BCUT2D eigenvalue weighted by Crippen LogP contribution is 2.18. The normalized spacial score (nSPS) is 20.4. The van der Waals surface area contributed by atoms with Gasteiger partial charge in [0.1, 0.15) is 0 Å². The van der Waals surface area contributed by atoms with Crippen molar-refractivity contribution >= 4 is 35.9 Å². The Bertz CT molecular complexity index is 695. The topological polar surface area (TPSA) is 66.4 Å². The fourth-order valence-corrected chi connectivity index (χ4v) is 3.99. The zero-order valence-corrected chi connectivity index (χ0v) is 20.5. The van der Waals surface area contributed by atoms with Gasteiger partial charge in [-0.15, -0.1) is 24.0 Å². The molecule has 0 radical (unpaired) electrons. The van der Waals surface area contributed by atoms with Gasteiger partial charge in [0, 0.05) is 46.3 Å². The van der Waals surface area contributed by atoms with Crippen molar-refractivity contribution in [1.82, 2.24) is 15.1 Å². The predicted octanol–water partition coefficient (Wildman–Crippen LogP) is 2.49. The number of esters is 1. The van der Waals surface area contributed by atoms with E-state index in [9.17, 15) is 4.79 Å². The van der Waals surface area contributed by atoms with E-state index >= 15 is 0 Å². The molecule has 7 nitrogen and oxygen atoms in total. The molecule has 2 aliphatic heterocycles. The minimum absolute atomic E-state index is 0. The number of morpholine rings is 1. The molecule has 1 aromatic carbocycles. The van der Waals surface area contributed by atoms with Gasteiger partial charge in [0.05, 0.1) is 25.7 Å². The standard InChI is InChI=1S/C22H34N4O3.HI/c1-3-29-21(27)20-8-5-9-26(17-20)22(23-2)24-15-18-6-4-7-19(14-18)16-25-10-12-28-13-11-25;/h4,6-7,14,20H,3,5,8-13,15-17H2,1-2H3,(H,23,24);1H. The first kappa shape index (κ1) is 24.9. The van der Waals surface area contributed by atoms with Crippen molar-refractivity contribution < 1.29 is 14.3 Å². The average molecular weight is 530 g/mol. The maximum atomic E-state index is 12.1. The van der Waals surface area contributed by atoms with Crippen molar-refractivity contribution in [3.63, 3.8) is 0 Å². The lowest BCUT2D eigenvalue weighted by Gasteiger charge is -2.34. The molecule has 0 spiro atoms. The number of nitrogens with one attached hydrogen (secondary N) is 1. The summed E-state index contributed by atoms with van der Waals surface area (Å²) in [6.07, 6.45) is 1.86. The summed E-state index contributed by atoms with van der Waals surface area (Å²) in [4.78, 5) is 21.2. The third kappa shape index (κ3) is 7.39. The highest BCUT2D eigenvalue weighted by atomic mass is 127. The SMILES string of the molecule is CCOC(=O)C1CCCN(C(=NC)NCc2cccc(CN3CCOCC3)c2)C1.I. The molecule has 2 heterocycles. The van der Waals surface area contributed by atoms with Gasteiger partial charge in [-0.3, -0.25) is 14.7 Å². The Morgan fingerprint density at radius 3 is 2.77 bits per heavy atom. The summed E-state index contributed by atoms with van der Waals surface area (Å²) in [5, 5.41) is 3.47. The van der Waals surface area contributed by atoms with Crippen LogP contribution in [0.15, 0.2) is 29.3 Å². The van der Waals surface area contributed by atoms with Crippen LogP contribution in [0.5, 0.6) is 0 Å². The van der Waals surface area contributed by atoms with Crippen LogP contribution in [-0.4, -0.2) is 74.8 Å². The van der Waals surface area contributed by atoms with Crippen LogP contribution in [0.25, 0.3) is 0 Å². The molecule has 1 N–H and O–H groups in total. The molecule has 0 amide bonds. The number of guanidine groups is 1. The molecule has 2 fully saturated rings. The average Bonchev–Trinajstić information content (AvgIpc) is 2.76. The molecule has 0 aliphatic carbocycles. The van der Waals surface area contributed by atoms with Crippen molar-refractivity contribution in [2.45, 2.75) is 32.9 Å². The summed E-state index contributed by atoms with van der Waals surface area (Å²) in [7, 11) is 1.80. The number of halogens is 1. The molecule has 1 unspecified atom stereocenters. The van der Waals surface area contributed by atoms with Crippen molar-refractivity contribution in [2.24, 2.45) is 10.9 Å². The molecule has 1 aromatic rings. The highest BCUT2D eigenvalue weighted by Gasteiger charge is 2.28. The third-order valence-electron chi connectivity index (χ3n) is 5.50. The van der Waals surface area contributed by atoms with Gasteiger partial charge in [-0.2, -0.15) is 0 Å². The molecular weight excluding hydrogens is 495 g/mol. The highest BCUT2D eigenvalue weighted by molar-refractivity contribution is 14.0. The number of carbonyl (C=O) groups excluding carboxylic acids is 1. The molecule has 0 saturated carbocycles. The Balaban J connectivity index is 0.00000320. The third-order valence-corrected chi connectivity index (χ3v) is 5.50. The van der Waals surface area contributed by atoms with Gasteiger partial charge in [-0.05, 0) is 30.9 Å². The number of hydrogen-bond donors (Lipinski definition) is 1. The van der Waals surface area contributed by atoms with E-state index in [-0.39, 0.29) is 35.9 Å². The van der Waals surface area contributed by atoms with E-state index in [2.05, 4.69) is 44.4 Å². The Labute approximate surface area is 197 Å². The molecule has 0 aromatic heterocycles. The van der Waals surface area contributed by atoms with Crippen LogP contribution < -0.4 is 5.32 Å². The lowest BCUT2D eigenvalue weighted by atomic mass is 9.98. The molecule has 30 heavy (non-hydrogen) atoms. The van der Waals surface area contributed by atoms with E-state index in [1.165, 1.54) is 11.1 Å². The van der Waals surface area contributed by atoms with Crippen molar-refractivity contribution in [3.8, 4) is 0 Å². The van der Waals surface area contributed by atoms with Crippen LogP contribution in [-0.2, 0) is 27.4 Å². The Morgan fingerprint density at radius 2 is 2.03 bits per heavy atom. The lowest BCUT2D eigenvalue weighted by Crippen LogP contribution is -2.48. The van der Waals surface area contributed by atoms with Gasteiger partial charge in [0.25, 0.3) is 0 Å². The van der Waals surface area contributed by atoms with Crippen LogP contribution in [0.1, 0.15) is 30.9 Å². The Hall–Kier alpha value is -1.39. The molecular formula is C22H35IN4O3. The maximum Gasteiger partial charge on any atom is 0.310 e. The Morgan fingerprint density at radius 1 is 1.27 bits per heavy atom. The van der Waals surface area contributed by atoms with Crippen molar-refractivity contribution in [3.05, 3.63) is 35.4 Å². The molecule has 3 rings (SSSR count). The summed E-state index contributed by atoms with van der Waals surface area (Å²) < 4.78 is 10.6. The number of benzene rings is 1. The number of aliphatic imine (C=N–C) groups is 1. The largest absolute Gasteiger partial charge is 0.466 e. The van der Waals surface area contributed by atoms with Gasteiger partial charge in [-0.25, -0.2) is 0 Å². The number of ether oxygens (including phenoxy) is 2. The smallest absolute Gasteiger partial charge is 0.310 e. The molecule has 8 heteroatoms. The number of nitrogens with zero attached hydrogens (tertiary/aromatic N) is 3. The van der Waals surface area contributed by atoms with E-state index in [0.29, 0.717) is 19.7 Å². The number of rotatable bonds is 6. The van der Waals surface area contributed by atoms with Gasteiger partial charge in [0.2, 0.25) is 0 Å². The van der Waals surface area contributed by atoms with Gasteiger partial charge in [-0.1, -0.05) is 24.3 Å². The number of hydrogen-bond acceptors (Lipinski definition) is 5. The molecule has 168 valence electrons. The monoisotopic (exact) mass is 530 g/mol. The van der Waals surface area contributed by atoms with Gasteiger partial charge < -0.3 is 19.7 Å². The molecule has 2 aliphatic rings. The fraction of sp³-hybridized carbons (Fsp3) is 0.636. The summed E-state index contributed by atoms with van der Waals surface area (Å²) >= 11 is 0. The number of carbonyl (C=O) groups is 1. The predicted molar refractivity (Wildman–Crippen MR) is 129 cm³/mol. The van der Waals surface area contributed by atoms with Gasteiger partial charge >= 0.3 is 5.97 Å². The van der Waals surface area contributed by atoms with E-state index in [1.54, 1.807) is 7.05 Å². The van der Waals surface area contributed by atoms with Crippen molar-refractivity contribution in [2.75, 3.05) is 53.0 Å². The van der Waals surface area contributed by atoms with E-state index in [1.807, 2.05) is 6.92 Å². The van der Waals surface area contributed by atoms with Crippen LogP contribution in [0, 0.1) is 5.92 Å². The van der Waals surface area contributed by atoms with E-state index in [0.717, 1.165) is 58.2 Å². The lowest BCUT2D eigenvalue weighted by molar-refractivity contribution is -0.149. The molecule has 1 atom stereocenters. The molecule has 0 bridgehead atoms. The number of piperidine rings is 1. The summed E-state index contributed by atoms with van der Waals surface area (Å²) in [6, 6.07) is 8.70. The maximum absolute atomic E-state index is 12.1. The first-order chi connectivity index (χ1) is 14.2. The minimum Gasteiger partial charge on any atom is -0.466 e. The fourth-order valence-electron chi connectivity index (χ4n) is 3.99. The van der Waals surface area contributed by atoms with Gasteiger partial charge in [0.15, 0.2) is 5.96 Å². The second-order valence-corrected chi connectivity index (χ2v) is 7.65. The van der Waals surface area contributed by atoms with Crippen LogP contribution in [0.2, 0.25) is 0 Å². The second kappa shape index (κ2) is 13.1. The zero-order valence-electron chi connectivity index (χ0n) is 18.1.